The van der Waals surface area contributed by atoms with Gasteiger partial charge in [0.2, 0.25) is 0 Å². The molecule has 174 valence electrons. The van der Waals surface area contributed by atoms with E-state index >= 15 is 0 Å². The predicted octanol–water partition coefficient (Wildman–Crippen LogP) is 5.75. The molecule has 2 fully saturated rings. The van der Waals surface area contributed by atoms with E-state index in [0.29, 0.717) is 5.41 Å². The fraction of sp³-hybridized carbons (Fsp3) is 0.370. The van der Waals surface area contributed by atoms with Gasteiger partial charge in [-0.05, 0) is 62.1 Å². The highest BCUT2D eigenvalue weighted by Crippen LogP contribution is 2.59. The first-order valence-electron chi connectivity index (χ1n) is 11.9. The number of hydrogen-bond acceptors (Lipinski definition) is 5. The number of aromatic nitrogens is 4. The van der Waals surface area contributed by atoms with E-state index < -0.39 is 0 Å². The van der Waals surface area contributed by atoms with Crippen LogP contribution in [0, 0.1) is 12.8 Å². The van der Waals surface area contributed by atoms with Crippen molar-refractivity contribution in [2.75, 3.05) is 25.4 Å². The van der Waals surface area contributed by atoms with Gasteiger partial charge in [-0.3, -0.25) is 4.98 Å². The second-order valence-corrected chi connectivity index (χ2v) is 11.2. The van der Waals surface area contributed by atoms with Crippen LogP contribution >= 0.6 is 23.4 Å². The molecule has 34 heavy (non-hydrogen) atoms. The number of halogens is 1. The molecule has 6 rings (SSSR count). The van der Waals surface area contributed by atoms with Crippen LogP contribution in [0.2, 0.25) is 5.02 Å². The van der Waals surface area contributed by atoms with Crippen molar-refractivity contribution < 1.29 is 0 Å². The first-order valence-corrected chi connectivity index (χ1v) is 13.3. The average molecular weight is 490 g/mol. The van der Waals surface area contributed by atoms with Crippen LogP contribution in [0.3, 0.4) is 0 Å². The van der Waals surface area contributed by atoms with Crippen LogP contribution in [-0.2, 0) is 12.5 Å². The Balaban J connectivity index is 1.06. The Labute approximate surface area is 209 Å². The van der Waals surface area contributed by atoms with Crippen molar-refractivity contribution in [3.05, 3.63) is 70.9 Å². The smallest absolute Gasteiger partial charge is 0.191 e. The van der Waals surface area contributed by atoms with Crippen molar-refractivity contribution in [3.8, 4) is 11.4 Å². The van der Waals surface area contributed by atoms with Crippen LogP contribution in [-0.4, -0.2) is 50.0 Å². The van der Waals surface area contributed by atoms with Crippen LogP contribution in [0.1, 0.15) is 24.1 Å². The van der Waals surface area contributed by atoms with E-state index in [0.717, 1.165) is 62.8 Å². The number of rotatable bonds is 7. The summed E-state index contributed by atoms with van der Waals surface area (Å²) in [6.45, 7) is 5.55. The van der Waals surface area contributed by atoms with Crippen molar-refractivity contribution >= 4 is 34.3 Å². The summed E-state index contributed by atoms with van der Waals surface area (Å²) in [4.78, 5) is 7.30. The van der Waals surface area contributed by atoms with E-state index in [1.54, 1.807) is 11.8 Å². The molecule has 0 radical (unpaired) electrons. The third-order valence-electron chi connectivity index (χ3n) is 7.43. The molecular formula is C27H28ClN5S. The Morgan fingerprint density at radius 2 is 1.94 bits per heavy atom. The monoisotopic (exact) mass is 489 g/mol. The van der Waals surface area contributed by atoms with Gasteiger partial charge in [-0.15, -0.1) is 10.2 Å². The number of pyridine rings is 1. The Hall–Kier alpha value is -2.41. The lowest BCUT2D eigenvalue weighted by molar-refractivity contribution is 0.299. The van der Waals surface area contributed by atoms with E-state index in [1.165, 1.54) is 25.1 Å². The maximum absolute atomic E-state index is 6.09. The molecule has 0 spiro atoms. The molecule has 2 aromatic carbocycles. The average Bonchev–Trinajstić information content (AvgIpc) is 3.21. The third-order valence-corrected chi connectivity index (χ3v) is 8.79. The molecule has 1 saturated heterocycles. The topological polar surface area (TPSA) is 46.8 Å². The Kier molecular flexibility index (Phi) is 5.63. The molecule has 0 N–H and O–H groups in total. The fourth-order valence-electron chi connectivity index (χ4n) is 5.56. The number of thioether (sulfide) groups is 1. The number of likely N-dealkylation sites (tertiary alicyclic amines) is 1. The van der Waals surface area contributed by atoms with Crippen molar-refractivity contribution in [1.29, 1.82) is 0 Å². The van der Waals surface area contributed by atoms with Crippen molar-refractivity contribution in [3.63, 3.8) is 0 Å². The van der Waals surface area contributed by atoms with Crippen molar-refractivity contribution in [2.24, 2.45) is 13.0 Å². The molecule has 0 bridgehead atoms. The highest BCUT2D eigenvalue weighted by molar-refractivity contribution is 7.99. The minimum atomic E-state index is 0.377. The molecule has 7 heteroatoms. The molecule has 1 aliphatic carbocycles. The van der Waals surface area contributed by atoms with Crippen LogP contribution in [0.15, 0.2) is 59.8 Å². The second-order valence-electron chi connectivity index (χ2n) is 9.69. The quantitative estimate of drug-likeness (QED) is 0.244. The van der Waals surface area contributed by atoms with Gasteiger partial charge in [0.1, 0.15) is 0 Å². The molecule has 5 nitrogen and oxygen atoms in total. The zero-order valence-electron chi connectivity index (χ0n) is 19.5. The summed E-state index contributed by atoms with van der Waals surface area (Å²) in [6, 6.07) is 18.9. The van der Waals surface area contributed by atoms with Gasteiger partial charge in [0.25, 0.3) is 0 Å². The lowest BCUT2D eigenvalue weighted by atomic mass is 9.95. The molecule has 2 unspecified atom stereocenters. The predicted molar refractivity (Wildman–Crippen MR) is 139 cm³/mol. The molecule has 1 aliphatic heterocycles. The zero-order chi connectivity index (χ0) is 23.3. The van der Waals surface area contributed by atoms with Gasteiger partial charge in [0.05, 0.1) is 5.52 Å². The molecule has 1 saturated carbocycles. The van der Waals surface area contributed by atoms with E-state index in [4.69, 9.17) is 11.6 Å². The second kappa shape index (κ2) is 8.67. The van der Waals surface area contributed by atoms with Gasteiger partial charge in [0, 0.05) is 53.0 Å². The highest BCUT2D eigenvalue weighted by atomic mass is 35.5. The van der Waals surface area contributed by atoms with Crippen LogP contribution in [0.25, 0.3) is 22.3 Å². The van der Waals surface area contributed by atoms with Gasteiger partial charge in [-0.25, -0.2) is 0 Å². The molecule has 3 heterocycles. The number of piperidine rings is 1. The van der Waals surface area contributed by atoms with E-state index in [-0.39, 0.29) is 0 Å². The number of aryl methyl sites for hydroxylation is 1. The molecule has 2 atom stereocenters. The SMILES string of the molecule is Cc1ccc2c(-c3nnc(SCCCN4CC5CC5(c5ccc(Cl)cc5)C4)n3C)cccc2n1. The maximum atomic E-state index is 6.09. The van der Waals surface area contributed by atoms with Gasteiger partial charge in [-0.2, -0.15) is 0 Å². The summed E-state index contributed by atoms with van der Waals surface area (Å²) >= 11 is 7.89. The van der Waals surface area contributed by atoms with Gasteiger partial charge < -0.3 is 9.47 Å². The molecular weight excluding hydrogens is 462 g/mol. The summed E-state index contributed by atoms with van der Waals surface area (Å²) in [5.74, 6) is 2.74. The van der Waals surface area contributed by atoms with E-state index in [1.807, 2.05) is 25.1 Å². The standard InChI is InChI=1S/C27H28ClN5S/c1-18-7-12-22-23(5-3-6-24(22)29-18)25-30-31-26(32(25)2)34-14-4-13-33-16-20-15-27(20,17-33)19-8-10-21(28)11-9-19/h3,5-12,20H,4,13-17H2,1-2H3. The fourth-order valence-corrected chi connectivity index (χ4v) is 6.53. The largest absolute Gasteiger partial charge is 0.305 e. The van der Waals surface area contributed by atoms with Crippen LogP contribution in [0.4, 0.5) is 0 Å². The maximum Gasteiger partial charge on any atom is 0.191 e. The lowest BCUT2D eigenvalue weighted by Gasteiger charge is -2.21. The summed E-state index contributed by atoms with van der Waals surface area (Å²) in [6.07, 6.45) is 2.47. The first-order chi connectivity index (χ1) is 16.5. The van der Waals surface area contributed by atoms with Crippen molar-refractivity contribution in [1.82, 2.24) is 24.6 Å². The summed E-state index contributed by atoms with van der Waals surface area (Å²) in [5.41, 5.74) is 4.94. The molecule has 0 amide bonds. The number of benzene rings is 2. The zero-order valence-corrected chi connectivity index (χ0v) is 21.1. The normalized spacial score (nSPS) is 21.8. The minimum absolute atomic E-state index is 0.377. The van der Waals surface area contributed by atoms with Crippen molar-refractivity contribution in [2.45, 2.75) is 30.3 Å². The Morgan fingerprint density at radius 3 is 2.79 bits per heavy atom. The minimum Gasteiger partial charge on any atom is -0.305 e. The molecule has 2 aromatic heterocycles. The van der Waals surface area contributed by atoms with E-state index in [9.17, 15) is 0 Å². The van der Waals surface area contributed by atoms with Crippen LogP contribution in [0.5, 0.6) is 0 Å². The van der Waals surface area contributed by atoms with Crippen LogP contribution < -0.4 is 0 Å². The van der Waals surface area contributed by atoms with Gasteiger partial charge >= 0.3 is 0 Å². The lowest BCUT2D eigenvalue weighted by Crippen LogP contribution is -2.27. The number of nitrogens with zero attached hydrogens (tertiary/aromatic N) is 5. The van der Waals surface area contributed by atoms with Gasteiger partial charge in [-0.1, -0.05) is 53.7 Å². The van der Waals surface area contributed by atoms with E-state index in [2.05, 4.69) is 68.1 Å². The number of hydrogen-bond donors (Lipinski definition) is 0. The molecule has 4 aromatic rings. The summed E-state index contributed by atoms with van der Waals surface area (Å²) < 4.78 is 2.11. The Bertz CT molecular complexity index is 1350. The Morgan fingerprint density at radius 1 is 1.09 bits per heavy atom. The summed E-state index contributed by atoms with van der Waals surface area (Å²) in [5, 5.41) is 11.9. The van der Waals surface area contributed by atoms with Gasteiger partial charge in [0.15, 0.2) is 11.0 Å². The highest BCUT2D eigenvalue weighted by Gasteiger charge is 2.60. The first kappa shape index (κ1) is 22.1. The third kappa shape index (κ3) is 3.92. The number of fused-ring (bicyclic) bond motifs is 2. The molecule has 2 aliphatic rings. The summed E-state index contributed by atoms with van der Waals surface area (Å²) in [7, 11) is 2.06.